The lowest BCUT2D eigenvalue weighted by molar-refractivity contribution is 0.351. The first-order chi connectivity index (χ1) is 9.41. The molecule has 0 aliphatic carbocycles. The molecule has 1 saturated heterocycles. The molecule has 1 aliphatic rings. The molecule has 1 heterocycles. The van der Waals surface area contributed by atoms with Gasteiger partial charge in [0.05, 0.1) is 11.5 Å². The quantitative estimate of drug-likeness (QED) is 0.873. The molecular weight excluding hydrogens is 345 g/mol. The third-order valence-electron chi connectivity index (χ3n) is 3.89. The largest absolute Gasteiger partial charge is 0.319 e. The Kier molecular flexibility index (Phi) is 5.20. The van der Waals surface area contributed by atoms with Gasteiger partial charge >= 0.3 is 0 Å². The maximum absolute atomic E-state index is 13.4. The Labute approximate surface area is 128 Å². The number of hydrogen-bond acceptors (Lipinski definition) is 3. The highest BCUT2D eigenvalue weighted by atomic mass is 79.9. The molecular formula is C14H19BrFNO2S. The van der Waals surface area contributed by atoms with Crippen molar-refractivity contribution < 1.29 is 12.8 Å². The normalized spacial score (nSPS) is 22.9. The van der Waals surface area contributed by atoms with E-state index in [0.29, 0.717) is 12.8 Å². The lowest BCUT2D eigenvalue weighted by atomic mass is 9.86. The van der Waals surface area contributed by atoms with Gasteiger partial charge in [-0.1, -0.05) is 15.9 Å². The second kappa shape index (κ2) is 6.54. The topological polar surface area (TPSA) is 46.2 Å². The zero-order valence-electron chi connectivity index (χ0n) is 11.4. The molecule has 0 aromatic heterocycles. The van der Waals surface area contributed by atoms with Crippen LogP contribution in [0, 0.1) is 17.7 Å². The number of rotatable bonds is 5. The van der Waals surface area contributed by atoms with Crippen LogP contribution in [0.3, 0.4) is 0 Å². The van der Waals surface area contributed by atoms with Gasteiger partial charge in [0.1, 0.15) is 5.82 Å². The van der Waals surface area contributed by atoms with Crippen LogP contribution in [0.5, 0.6) is 0 Å². The summed E-state index contributed by atoms with van der Waals surface area (Å²) >= 11 is 3.44. The molecule has 1 fully saturated rings. The Morgan fingerprint density at radius 1 is 1.50 bits per heavy atom. The van der Waals surface area contributed by atoms with Gasteiger partial charge in [0.2, 0.25) is 0 Å². The average molecular weight is 364 g/mol. The highest BCUT2D eigenvalue weighted by molar-refractivity contribution is 9.10. The summed E-state index contributed by atoms with van der Waals surface area (Å²) in [6.45, 7) is 0.739. The van der Waals surface area contributed by atoms with E-state index in [1.165, 1.54) is 12.1 Å². The Hall–Kier alpha value is -0.460. The maximum Gasteiger partial charge on any atom is 0.150 e. The summed E-state index contributed by atoms with van der Waals surface area (Å²) in [7, 11) is -1.02. The average Bonchev–Trinajstić information content (AvgIpc) is 2.73. The van der Waals surface area contributed by atoms with Crippen molar-refractivity contribution in [3.63, 3.8) is 0 Å². The van der Waals surface area contributed by atoms with E-state index < -0.39 is 9.84 Å². The zero-order valence-corrected chi connectivity index (χ0v) is 13.8. The smallest absolute Gasteiger partial charge is 0.150 e. The van der Waals surface area contributed by atoms with Crippen LogP contribution in [0.2, 0.25) is 0 Å². The van der Waals surface area contributed by atoms with Crippen LogP contribution in [-0.4, -0.2) is 33.5 Å². The van der Waals surface area contributed by atoms with E-state index in [9.17, 15) is 12.8 Å². The number of sulfone groups is 1. The Morgan fingerprint density at radius 3 is 2.85 bits per heavy atom. The van der Waals surface area contributed by atoms with E-state index in [1.54, 1.807) is 6.07 Å². The van der Waals surface area contributed by atoms with E-state index in [-0.39, 0.29) is 29.2 Å². The first-order valence-corrected chi connectivity index (χ1v) is 9.31. The summed E-state index contributed by atoms with van der Waals surface area (Å²) in [6, 6.07) is 4.64. The highest BCUT2D eigenvalue weighted by Gasteiger charge is 2.33. The molecule has 3 nitrogen and oxygen atoms in total. The third-order valence-corrected chi connectivity index (χ3v) is 6.46. The van der Waals surface area contributed by atoms with Crippen molar-refractivity contribution >= 4 is 25.8 Å². The zero-order chi connectivity index (χ0) is 14.8. The van der Waals surface area contributed by atoms with Gasteiger partial charge in [-0.25, -0.2) is 12.8 Å². The van der Waals surface area contributed by atoms with E-state index in [4.69, 9.17) is 0 Å². The summed E-state index contributed by atoms with van der Waals surface area (Å²) < 4.78 is 37.5. The van der Waals surface area contributed by atoms with Gasteiger partial charge in [0, 0.05) is 4.47 Å². The van der Waals surface area contributed by atoms with Crippen molar-refractivity contribution in [1.29, 1.82) is 0 Å². The Balaban J connectivity index is 2.15. The number of nitrogens with one attached hydrogen (secondary N) is 1. The second-order valence-corrected chi connectivity index (χ2v) is 8.50. The first kappa shape index (κ1) is 15.9. The predicted octanol–water partition coefficient (Wildman–Crippen LogP) is 2.40. The highest BCUT2D eigenvalue weighted by Crippen LogP contribution is 2.30. The number of hydrogen-bond donors (Lipinski definition) is 1. The second-order valence-electron chi connectivity index (χ2n) is 5.42. The molecule has 0 amide bonds. The van der Waals surface area contributed by atoms with Crippen LogP contribution in [0.1, 0.15) is 12.0 Å². The molecule has 1 aromatic carbocycles. The number of halogens is 2. The third kappa shape index (κ3) is 4.02. The van der Waals surface area contributed by atoms with Gasteiger partial charge in [-0.05, 0) is 62.0 Å². The fraction of sp³-hybridized carbons (Fsp3) is 0.571. The van der Waals surface area contributed by atoms with Gasteiger partial charge < -0.3 is 5.32 Å². The Morgan fingerprint density at radius 2 is 2.25 bits per heavy atom. The van der Waals surface area contributed by atoms with E-state index in [1.807, 2.05) is 7.05 Å². The SMILES string of the molecule is CNCC(Cc1cc(F)ccc1Br)C1CCS(=O)(=O)C1. The maximum atomic E-state index is 13.4. The molecule has 0 bridgehead atoms. The van der Waals surface area contributed by atoms with Crippen molar-refractivity contribution in [2.75, 3.05) is 25.1 Å². The minimum Gasteiger partial charge on any atom is -0.319 e. The fourth-order valence-corrected chi connectivity index (χ4v) is 5.17. The van der Waals surface area contributed by atoms with Gasteiger partial charge in [0.15, 0.2) is 9.84 Å². The summed E-state index contributed by atoms with van der Waals surface area (Å²) in [6.07, 6.45) is 1.39. The summed E-state index contributed by atoms with van der Waals surface area (Å²) in [4.78, 5) is 0. The van der Waals surface area contributed by atoms with Crippen LogP contribution in [0.25, 0.3) is 0 Å². The van der Waals surface area contributed by atoms with Gasteiger partial charge in [-0.2, -0.15) is 0 Å². The van der Waals surface area contributed by atoms with Crippen LogP contribution in [0.4, 0.5) is 4.39 Å². The lowest BCUT2D eigenvalue weighted by Crippen LogP contribution is -2.28. The van der Waals surface area contributed by atoms with Crippen molar-refractivity contribution in [1.82, 2.24) is 5.32 Å². The summed E-state index contributed by atoms with van der Waals surface area (Å²) in [5.74, 6) is 0.637. The van der Waals surface area contributed by atoms with E-state index in [0.717, 1.165) is 16.6 Å². The molecule has 2 unspecified atom stereocenters. The molecule has 20 heavy (non-hydrogen) atoms. The molecule has 6 heteroatoms. The van der Waals surface area contributed by atoms with E-state index >= 15 is 0 Å². The van der Waals surface area contributed by atoms with Crippen molar-refractivity contribution in [2.24, 2.45) is 11.8 Å². The Bertz CT molecular complexity index is 577. The molecule has 1 aromatic rings. The molecule has 0 spiro atoms. The van der Waals surface area contributed by atoms with Crippen LogP contribution < -0.4 is 5.32 Å². The summed E-state index contributed by atoms with van der Waals surface area (Å²) in [5.41, 5.74) is 0.898. The summed E-state index contributed by atoms with van der Waals surface area (Å²) in [5, 5.41) is 3.12. The van der Waals surface area contributed by atoms with Crippen LogP contribution >= 0.6 is 15.9 Å². The molecule has 1 N–H and O–H groups in total. The lowest BCUT2D eigenvalue weighted by Gasteiger charge is -2.23. The number of benzene rings is 1. The van der Waals surface area contributed by atoms with Crippen molar-refractivity contribution in [2.45, 2.75) is 12.8 Å². The fourth-order valence-electron chi connectivity index (χ4n) is 2.85. The monoisotopic (exact) mass is 363 g/mol. The van der Waals surface area contributed by atoms with E-state index in [2.05, 4.69) is 21.2 Å². The molecule has 0 saturated carbocycles. The minimum atomic E-state index is -2.88. The molecule has 2 atom stereocenters. The predicted molar refractivity (Wildman–Crippen MR) is 82.0 cm³/mol. The van der Waals surface area contributed by atoms with Crippen LogP contribution in [0.15, 0.2) is 22.7 Å². The first-order valence-electron chi connectivity index (χ1n) is 6.70. The van der Waals surface area contributed by atoms with Crippen LogP contribution in [-0.2, 0) is 16.3 Å². The van der Waals surface area contributed by atoms with Crippen molar-refractivity contribution in [3.05, 3.63) is 34.1 Å². The van der Waals surface area contributed by atoms with Gasteiger partial charge in [-0.15, -0.1) is 0 Å². The molecule has 2 rings (SSSR count). The van der Waals surface area contributed by atoms with Gasteiger partial charge in [-0.3, -0.25) is 0 Å². The molecule has 1 aliphatic heterocycles. The molecule has 112 valence electrons. The van der Waals surface area contributed by atoms with Crippen molar-refractivity contribution in [3.8, 4) is 0 Å². The molecule has 0 radical (unpaired) electrons. The standard InChI is InChI=1S/C14H19BrFNO2S/c1-17-8-12(10-4-5-20(18,19)9-10)6-11-7-13(16)2-3-14(11)15/h2-3,7,10,12,17H,4-6,8-9H2,1H3. The minimum absolute atomic E-state index is 0.155. The van der Waals surface area contributed by atoms with Gasteiger partial charge in [0.25, 0.3) is 0 Å².